The Morgan fingerprint density at radius 3 is 2.38 bits per heavy atom. The van der Waals surface area contributed by atoms with Crippen molar-refractivity contribution in [3.63, 3.8) is 0 Å². The van der Waals surface area contributed by atoms with Crippen molar-refractivity contribution >= 4 is 11.9 Å². The van der Waals surface area contributed by atoms with E-state index in [1.807, 2.05) is 13.8 Å². The molecule has 0 aliphatic carbocycles. The quantitative estimate of drug-likeness (QED) is 0.661. The standard InChI is InChI=1S/C14H24O7/c1-3-5-11(16)19-8-10-14(18)9(15)7-13(20-10)21-12(17)6-4-2/h9-10,13-15,18H,3-8H2,1-2H3/t9-,10-,13?,14+/m1/s1. The minimum Gasteiger partial charge on any atom is -0.463 e. The van der Waals surface area contributed by atoms with Gasteiger partial charge in [-0.3, -0.25) is 9.59 Å². The number of hydrogen-bond acceptors (Lipinski definition) is 7. The highest BCUT2D eigenvalue weighted by Crippen LogP contribution is 2.22. The molecule has 0 amide bonds. The molecule has 1 aliphatic heterocycles. The summed E-state index contributed by atoms with van der Waals surface area (Å²) >= 11 is 0. The topological polar surface area (TPSA) is 102 Å². The Balaban J connectivity index is 2.49. The Bertz CT molecular complexity index is 344. The minimum absolute atomic E-state index is 0.00394. The van der Waals surface area contributed by atoms with Crippen molar-refractivity contribution < 1.29 is 34.0 Å². The summed E-state index contributed by atoms with van der Waals surface area (Å²) in [5.41, 5.74) is 0. The van der Waals surface area contributed by atoms with Crippen LogP contribution in [-0.2, 0) is 23.8 Å². The molecule has 7 nitrogen and oxygen atoms in total. The molecule has 0 bridgehead atoms. The molecule has 0 radical (unpaired) electrons. The minimum atomic E-state index is -1.18. The summed E-state index contributed by atoms with van der Waals surface area (Å²) in [6, 6.07) is 0. The number of carbonyl (C=O) groups is 2. The first-order chi connectivity index (χ1) is 9.97. The fraction of sp³-hybridized carbons (Fsp3) is 0.857. The van der Waals surface area contributed by atoms with Crippen LogP contribution >= 0.6 is 0 Å². The molecule has 2 N–H and O–H groups in total. The molecule has 0 aromatic carbocycles. The van der Waals surface area contributed by atoms with Gasteiger partial charge in [0.25, 0.3) is 0 Å². The highest BCUT2D eigenvalue weighted by molar-refractivity contribution is 5.69. The molecular formula is C14H24O7. The molecule has 0 aromatic heterocycles. The van der Waals surface area contributed by atoms with E-state index in [2.05, 4.69) is 0 Å². The lowest BCUT2D eigenvalue weighted by molar-refractivity contribution is -0.253. The number of rotatable bonds is 7. The van der Waals surface area contributed by atoms with Crippen LogP contribution in [-0.4, -0.2) is 53.4 Å². The monoisotopic (exact) mass is 304 g/mol. The maximum atomic E-state index is 11.4. The molecule has 0 spiro atoms. The van der Waals surface area contributed by atoms with E-state index in [-0.39, 0.29) is 25.9 Å². The van der Waals surface area contributed by atoms with Gasteiger partial charge in [-0.1, -0.05) is 13.8 Å². The van der Waals surface area contributed by atoms with Crippen LogP contribution in [0, 0.1) is 0 Å². The second-order valence-electron chi connectivity index (χ2n) is 5.07. The fourth-order valence-electron chi connectivity index (χ4n) is 1.99. The average molecular weight is 304 g/mol. The SMILES string of the molecule is CCCC(=O)OC[C@H]1OC(OC(=O)CCC)C[C@@H](O)[C@@H]1O. The van der Waals surface area contributed by atoms with Crippen LogP contribution in [0.3, 0.4) is 0 Å². The molecule has 1 aliphatic rings. The lowest BCUT2D eigenvalue weighted by Crippen LogP contribution is -2.51. The van der Waals surface area contributed by atoms with E-state index < -0.39 is 36.5 Å². The number of aliphatic hydroxyl groups excluding tert-OH is 2. The van der Waals surface area contributed by atoms with Crippen molar-refractivity contribution in [2.24, 2.45) is 0 Å². The maximum Gasteiger partial charge on any atom is 0.308 e. The number of carbonyl (C=O) groups excluding carboxylic acids is 2. The first kappa shape index (κ1) is 17.9. The average Bonchev–Trinajstić information content (AvgIpc) is 2.41. The fourth-order valence-corrected chi connectivity index (χ4v) is 1.99. The van der Waals surface area contributed by atoms with Crippen LogP contribution in [0.15, 0.2) is 0 Å². The Morgan fingerprint density at radius 2 is 1.76 bits per heavy atom. The normalized spacial score (nSPS) is 29.0. The summed E-state index contributed by atoms with van der Waals surface area (Å²) in [6.07, 6.45) is -2.27. The molecule has 1 fully saturated rings. The largest absolute Gasteiger partial charge is 0.463 e. The first-order valence-corrected chi connectivity index (χ1v) is 7.34. The zero-order valence-corrected chi connectivity index (χ0v) is 12.5. The van der Waals surface area contributed by atoms with Crippen LogP contribution < -0.4 is 0 Å². The Hall–Kier alpha value is -1.18. The Labute approximate surface area is 124 Å². The second-order valence-corrected chi connectivity index (χ2v) is 5.07. The highest BCUT2D eigenvalue weighted by Gasteiger charge is 2.39. The van der Waals surface area contributed by atoms with Crippen LogP contribution in [0.25, 0.3) is 0 Å². The summed E-state index contributed by atoms with van der Waals surface area (Å²) in [4.78, 5) is 22.7. The molecule has 1 saturated heterocycles. The second kappa shape index (κ2) is 8.96. The van der Waals surface area contributed by atoms with Gasteiger partial charge in [-0.2, -0.15) is 0 Å². The smallest absolute Gasteiger partial charge is 0.308 e. The van der Waals surface area contributed by atoms with E-state index in [4.69, 9.17) is 14.2 Å². The molecule has 0 aromatic rings. The molecule has 122 valence electrons. The first-order valence-electron chi connectivity index (χ1n) is 7.34. The van der Waals surface area contributed by atoms with Crippen LogP contribution in [0.4, 0.5) is 0 Å². The lowest BCUT2D eigenvalue weighted by atomic mass is 10.0. The van der Waals surface area contributed by atoms with Gasteiger partial charge in [0.2, 0.25) is 6.29 Å². The van der Waals surface area contributed by atoms with Crippen molar-refractivity contribution in [1.82, 2.24) is 0 Å². The zero-order chi connectivity index (χ0) is 15.8. The van der Waals surface area contributed by atoms with Crippen LogP contribution in [0.1, 0.15) is 46.0 Å². The third-order valence-corrected chi connectivity index (χ3v) is 3.12. The highest BCUT2D eigenvalue weighted by atomic mass is 16.7. The van der Waals surface area contributed by atoms with Crippen LogP contribution in [0.2, 0.25) is 0 Å². The summed E-state index contributed by atoms with van der Waals surface area (Å²) in [5, 5.41) is 19.6. The predicted octanol–water partition coefficient (Wildman–Crippen LogP) is 0.510. The van der Waals surface area contributed by atoms with Crippen molar-refractivity contribution in [2.75, 3.05) is 6.61 Å². The number of aliphatic hydroxyl groups is 2. The van der Waals surface area contributed by atoms with E-state index in [1.165, 1.54) is 0 Å². The Kier molecular flexibility index (Phi) is 7.63. The Morgan fingerprint density at radius 1 is 1.14 bits per heavy atom. The van der Waals surface area contributed by atoms with Gasteiger partial charge in [-0.15, -0.1) is 0 Å². The van der Waals surface area contributed by atoms with Gasteiger partial charge in [0.05, 0.1) is 6.10 Å². The third-order valence-electron chi connectivity index (χ3n) is 3.12. The lowest BCUT2D eigenvalue weighted by Gasteiger charge is -2.36. The molecule has 4 atom stereocenters. The number of esters is 2. The van der Waals surface area contributed by atoms with Gasteiger partial charge in [0.1, 0.15) is 18.8 Å². The van der Waals surface area contributed by atoms with Crippen LogP contribution in [0.5, 0.6) is 0 Å². The molecular weight excluding hydrogens is 280 g/mol. The third kappa shape index (κ3) is 5.99. The molecule has 1 heterocycles. The summed E-state index contributed by atoms with van der Waals surface area (Å²) in [7, 11) is 0. The van der Waals surface area contributed by atoms with E-state index in [9.17, 15) is 19.8 Å². The van der Waals surface area contributed by atoms with Gasteiger partial charge in [0.15, 0.2) is 0 Å². The van der Waals surface area contributed by atoms with Crippen molar-refractivity contribution in [2.45, 2.75) is 70.6 Å². The van der Waals surface area contributed by atoms with Gasteiger partial charge in [-0.05, 0) is 12.8 Å². The van der Waals surface area contributed by atoms with Gasteiger partial charge in [-0.25, -0.2) is 0 Å². The van der Waals surface area contributed by atoms with Crippen molar-refractivity contribution in [1.29, 1.82) is 0 Å². The van der Waals surface area contributed by atoms with Crippen molar-refractivity contribution in [3.8, 4) is 0 Å². The summed E-state index contributed by atoms with van der Waals surface area (Å²) in [5.74, 6) is -0.819. The molecule has 21 heavy (non-hydrogen) atoms. The zero-order valence-electron chi connectivity index (χ0n) is 12.5. The number of ether oxygens (including phenoxy) is 3. The summed E-state index contributed by atoms with van der Waals surface area (Å²) in [6.45, 7) is 3.51. The predicted molar refractivity (Wildman–Crippen MR) is 72.2 cm³/mol. The van der Waals surface area contributed by atoms with E-state index >= 15 is 0 Å². The molecule has 1 unspecified atom stereocenters. The maximum absolute atomic E-state index is 11.4. The van der Waals surface area contributed by atoms with E-state index in [0.29, 0.717) is 12.8 Å². The molecule has 1 rings (SSSR count). The van der Waals surface area contributed by atoms with Gasteiger partial charge < -0.3 is 24.4 Å². The van der Waals surface area contributed by atoms with E-state index in [0.717, 1.165) is 0 Å². The van der Waals surface area contributed by atoms with Crippen molar-refractivity contribution in [3.05, 3.63) is 0 Å². The molecule has 0 saturated carbocycles. The van der Waals surface area contributed by atoms with Gasteiger partial charge in [0, 0.05) is 19.3 Å². The van der Waals surface area contributed by atoms with E-state index in [1.54, 1.807) is 0 Å². The molecule has 7 heteroatoms. The number of hydrogen-bond donors (Lipinski definition) is 2. The summed E-state index contributed by atoms with van der Waals surface area (Å²) < 4.78 is 15.4. The van der Waals surface area contributed by atoms with Gasteiger partial charge >= 0.3 is 11.9 Å².